The number of nitroso groups, excluding NO2 is 1. The minimum Gasteiger partial charge on any atom is -0.388 e. The molecule has 0 aliphatic carbocycles. The van der Waals surface area contributed by atoms with Crippen molar-refractivity contribution in [3.8, 4) is 0 Å². The van der Waals surface area contributed by atoms with Crippen molar-refractivity contribution in [2.24, 2.45) is 20.9 Å². The fourth-order valence-electron chi connectivity index (χ4n) is 4.15. The molecule has 0 amide bonds. The molecule has 0 radical (unpaired) electrons. The molecule has 2 unspecified atom stereocenters. The van der Waals surface area contributed by atoms with Crippen LogP contribution in [-0.4, -0.2) is 104 Å². The van der Waals surface area contributed by atoms with Gasteiger partial charge < -0.3 is 26.0 Å². The third-order valence-corrected chi connectivity index (χ3v) is 6.31. The molecule has 1 saturated heterocycles. The molecular weight excluding hydrogens is 420 g/mol. The summed E-state index contributed by atoms with van der Waals surface area (Å²) in [5.74, 6) is 0.628. The van der Waals surface area contributed by atoms with Gasteiger partial charge in [-0.25, -0.2) is 4.99 Å². The fourth-order valence-corrected chi connectivity index (χ4v) is 4.15. The van der Waals surface area contributed by atoms with Gasteiger partial charge in [0.05, 0.1) is 12.2 Å². The Bertz CT molecular complexity index is 694. The van der Waals surface area contributed by atoms with Crippen LogP contribution in [0.2, 0.25) is 0 Å². The van der Waals surface area contributed by atoms with E-state index in [9.17, 15) is 10.0 Å². The van der Waals surface area contributed by atoms with E-state index in [-0.39, 0.29) is 19.0 Å². The number of nitrogens with zero attached hydrogens (tertiary/aromatic N) is 6. The van der Waals surface area contributed by atoms with E-state index in [1.54, 1.807) is 0 Å². The van der Waals surface area contributed by atoms with Crippen LogP contribution in [-0.2, 0) is 0 Å². The predicted octanol–water partition coefficient (Wildman–Crippen LogP) is 1.59. The van der Waals surface area contributed by atoms with Crippen molar-refractivity contribution in [2.45, 2.75) is 52.1 Å². The molecule has 0 aromatic heterocycles. The Morgan fingerprint density at radius 2 is 2.06 bits per heavy atom. The Hall–Kier alpha value is -2.30. The quantitative estimate of drug-likeness (QED) is 0.111. The molecule has 1 aliphatic heterocycles. The number of hydrogen-bond donors (Lipinski definition) is 3. The van der Waals surface area contributed by atoms with Crippen molar-refractivity contribution in [3.05, 3.63) is 28.7 Å². The lowest BCUT2D eigenvalue weighted by atomic mass is 10.0. The van der Waals surface area contributed by atoms with Crippen LogP contribution in [0.4, 0.5) is 0 Å². The molecule has 0 bridgehead atoms. The van der Waals surface area contributed by atoms with E-state index >= 15 is 0 Å². The second kappa shape index (κ2) is 15.5. The summed E-state index contributed by atoms with van der Waals surface area (Å²) in [5.41, 5.74) is 6.89. The average Bonchev–Trinajstić information content (AvgIpc) is 2.83. The first-order valence-corrected chi connectivity index (χ1v) is 11.9. The maximum atomic E-state index is 10.3. The van der Waals surface area contributed by atoms with Gasteiger partial charge in [-0.2, -0.15) is 4.91 Å². The molecule has 2 atom stereocenters. The Morgan fingerprint density at radius 3 is 2.61 bits per heavy atom. The largest absolute Gasteiger partial charge is 0.388 e. The normalized spacial score (nSPS) is 19.3. The molecule has 10 heteroatoms. The fraction of sp³-hybridized carbons (Fsp3) is 0.739. The zero-order valence-corrected chi connectivity index (χ0v) is 21.0. The van der Waals surface area contributed by atoms with Gasteiger partial charge in [0.15, 0.2) is 5.82 Å². The topological polar surface area (TPSA) is 122 Å². The van der Waals surface area contributed by atoms with Crippen LogP contribution in [0, 0.1) is 4.91 Å². The summed E-state index contributed by atoms with van der Waals surface area (Å²) in [5, 5.41) is 15.8. The van der Waals surface area contributed by atoms with Crippen molar-refractivity contribution in [1.82, 2.24) is 20.0 Å². The third kappa shape index (κ3) is 8.87. The predicted molar refractivity (Wildman–Crippen MR) is 137 cm³/mol. The van der Waals surface area contributed by atoms with Crippen molar-refractivity contribution in [3.63, 3.8) is 0 Å². The zero-order valence-electron chi connectivity index (χ0n) is 21.0. The summed E-state index contributed by atoms with van der Waals surface area (Å²) < 4.78 is 0. The number of aliphatic hydroxyl groups excluding tert-OH is 1. The SMILES string of the molecule is C=N/C(C(=C)NCCN=O)=C(N)\N=C(/CO)N1CCN(C(CC)CCN(C)CC)C(CC)C1. The number of aliphatic imine (C=N–C) groups is 2. The van der Waals surface area contributed by atoms with Gasteiger partial charge in [-0.15, -0.1) is 0 Å². The molecular formula is C23H44N8O2. The van der Waals surface area contributed by atoms with E-state index in [2.05, 4.69) is 76.3 Å². The van der Waals surface area contributed by atoms with Gasteiger partial charge in [0.2, 0.25) is 0 Å². The van der Waals surface area contributed by atoms with Gasteiger partial charge in [-0.1, -0.05) is 32.5 Å². The van der Waals surface area contributed by atoms with Gasteiger partial charge in [0.1, 0.15) is 18.1 Å². The number of nitrogens with two attached hydrogens (primary N) is 1. The van der Waals surface area contributed by atoms with Crippen LogP contribution in [0.15, 0.2) is 39.0 Å². The Kier molecular flexibility index (Phi) is 13.5. The molecule has 33 heavy (non-hydrogen) atoms. The van der Waals surface area contributed by atoms with Gasteiger partial charge in [-0.3, -0.25) is 9.89 Å². The molecule has 188 valence electrons. The first-order valence-electron chi connectivity index (χ1n) is 11.9. The van der Waals surface area contributed by atoms with Crippen LogP contribution >= 0.6 is 0 Å². The molecule has 0 aromatic rings. The lowest BCUT2D eigenvalue weighted by molar-refractivity contribution is 0.0546. The van der Waals surface area contributed by atoms with Gasteiger partial charge in [0.25, 0.3) is 0 Å². The molecule has 0 spiro atoms. The monoisotopic (exact) mass is 464 g/mol. The highest BCUT2D eigenvalue weighted by Gasteiger charge is 2.31. The summed E-state index contributed by atoms with van der Waals surface area (Å²) in [4.78, 5) is 25.8. The molecule has 0 aromatic carbocycles. The Balaban J connectivity index is 2.96. The number of piperazine rings is 1. The molecule has 10 nitrogen and oxygen atoms in total. The van der Waals surface area contributed by atoms with Crippen molar-refractivity contribution < 1.29 is 5.11 Å². The standard InChI is InChI=1S/C23H44N8O2/c1-7-19(10-13-29(6)9-3)31-15-14-30(16-20(31)8-2)21(17-32)28-23(24)22(25-5)18(4)26-11-12-27-33/h19-20,26,32H,4-5,7-17,24H2,1-3,6H3/b23-22-,28-21+. The second-order valence-corrected chi connectivity index (χ2v) is 8.33. The highest BCUT2D eigenvalue weighted by Crippen LogP contribution is 2.21. The van der Waals surface area contributed by atoms with Crippen molar-refractivity contribution >= 4 is 12.6 Å². The maximum absolute atomic E-state index is 10.3. The van der Waals surface area contributed by atoms with Crippen LogP contribution < -0.4 is 11.1 Å². The van der Waals surface area contributed by atoms with E-state index in [0.29, 0.717) is 35.9 Å². The second-order valence-electron chi connectivity index (χ2n) is 8.33. The van der Waals surface area contributed by atoms with E-state index in [1.165, 1.54) is 0 Å². The molecule has 1 aliphatic rings. The number of amidine groups is 1. The summed E-state index contributed by atoms with van der Waals surface area (Å²) in [7, 11) is 2.17. The first kappa shape index (κ1) is 28.7. The van der Waals surface area contributed by atoms with Gasteiger partial charge in [0, 0.05) is 38.3 Å². The third-order valence-electron chi connectivity index (χ3n) is 6.31. The van der Waals surface area contributed by atoms with E-state index in [4.69, 9.17) is 5.73 Å². The summed E-state index contributed by atoms with van der Waals surface area (Å²) in [6.45, 7) is 18.9. The van der Waals surface area contributed by atoms with Crippen molar-refractivity contribution in [2.75, 3.05) is 59.5 Å². The molecule has 0 saturated carbocycles. The molecule has 1 heterocycles. The van der Waals surface area contributed by atoms with E-state index in [1.807, 2.05) is 0 Å². The smallest absolute Gasteiger partial charge is 0.153 e. The number of aliphatic hydroxyl groups is 1. The van der Waals surface area contributed by atoms with Gasteiger partial charge in [-0.05, 0) is 46.1 Å². The van der Waals surface area contributed by atoms with E-state index in [0.717, 1.165) is 52.0 Å². The number of hydrogen-bond acceptors (Lipinski definition) is 9. The molecule has 4 N–H and O–H groups in total. The number of nitrogens with one attached hydrogen (secondary N) is 1. The minimum atomic E-state index is -0.227. The minimum absolute atomic E-state index is 0.102. The van der Waals surface area contributed by atoms with Crippen LogP contribution in [0.3, 0.4) is 0 Å². The highest BCUT2D eigenvalue weighted by atomic mass is 16.3. The molecule has 1 fully saturated rings. The lowest BCUT2D eigenvalue weighted by Gasteiger charge is -2.46. The Labute approximate surface area is 199 Å². The zero-order chi connectivity index (χ0) is 24.8. The lowest BCUT2D eigenvalue weighted by Crippen LogP contribution is -2.58. The average molecular weight is 465 g/mol. The maximum Gasteiger partial charge on any atom is 0.153 e. The Morgan fingerprint density at radius 1 is 1.33 bits per heavy atom. The van der Waals surface area contributed by atoms with Crippen LogP contribution in [0.25, 0.3) is 0 Å². The van der Waals surface area contributed by atoms with Crippen molar-refractivity contribution in [1.29, 1.82) is 0 Å². The summed E-state index contributed by atoms with van der Waals surface area (Å²) in [6, 6.07) is 0.916. The first-order chi connectivity index (χ1) is 15.9. The number of rotatable bonds is 15. The molecule has 1 rings (SSSR count). The summed E-state index contributed by atoms with van der Waals surface area (Å²) >= 11 is 0. The van der Waals surface area contributed by atoms with Crippen LogP contribution in [0.5, 0.6) is 0 Å². The highest BCUT2D eigenvalue weighted by molar-refractivity contribution is 5.84. The summed E-state index contributed by atoms with van der Waals surface area (Å²) in [6.07, 6.45) is 3.29. The van der Waals surface area contributed by atoms with Crippen LogP contribution in [0.1, 0.15) is 40.0 Å². The van der Waals surface area contributed by atoms with Gasteiger partial charge >= 0.3 is 0 Å². The van der Waals surface area contributed by atoms with E-state index < -0.39 is 0 Å².